The lowest BCUT2D eigenvalue weighted by Gasteiger charge is -2.36. The molecule has 0 aliphatic carbocycles. The van der Waals surface area contributed by atoms with E-state index >= 15 is 0 Å². The molecule has 0 aromatic carbocycles. The summed E-state index contributed by atoms with van der Waals surface area (Å²) in [5, 5.41) is 0. The van der Waals surface area contributed by atoms with Gasteiger partial charge in [0.25, 0.3) is 0 Å². The van der Waals surface area contributed by atoms with Gasteiger partial charge in [-0.25, -0.2) is 0 Å². The van der Waals surface area contributed by atoms with Crippen molar-refractivity contribution in [2.24, 2.45) is 11.7 Å². The van der Waals surface area contributed by atoms with Crippen molar-refractivity contribution in [2.75, 3.05) is 45.8 Å². The molecule has 102 valence electrons. The molecule has 3 nitrogen and oxygen atoms in total. The number of hydrogen-bond acceptors (Lipinski definition) is 3. The predicted molar refractivity (Wildman–Crippen MR) is 75.2 cm³/mol. The Bertz CT molecular complexity index is 172. The quantitative estimate of drug-likeness (QED) is 0.658. The SMILES string of the molecule is CCC(CC)CN1CCN(CCCCN)CC1. The summed E-state index contributed by atoms with van der Waals surface area (Å²) in [6.07, 6.45) is 5.09. The minimum atomic E-state index is 0.842. The minimum absolute atomic E-state index is 0.842. The number of unbranched alkanes of at least 4 members (excludes halogenated alkanes) is 1. The van der Waals surface area contributed by atoms with E-state index in [0.29, 0.717) is 0 Å². The van der Waals surface area contributed by atoms with Gasteiger partial charge >= 0.3 is 0 Å². The largest absolute Gasteiger partial charge is 0.330 e. The highest BCUT2D eigenvalue weighted by molar-refractivity contribution is 4.73. The molecule has 1 aliphatic rings. The van der Waals surface area contributed by atoms with Crippen LogP contribution in [0.25, 0.3) is 0 Å². The summed E-state index contributed by atoms with van der Waals surface area (Å²) in [6, 6.07) is 0. The number of nitrogens with zero attached hydrogens (tertiary/aromatic N) is 2. The summed E-state index contributed by atoms with van der Waals surface area (Å²) in [5.74, 6) is 0.902. The van der Waals surface area contributed by atoms with E-state index in [-0.39, 0.29) is 0 Å². The van der Waals surface area contributed by atoms with Crippen LogP contribution in [-0.4, -0.2) is 55.6 Å². The van der Waals surface area contributed by atoms with E-state index in [1.807, 2.05) is 0 Å². The molecular weight excluding hydrogens is 210 g/mol. The smallest absolute Gasteiger partial charge is 0.0110 e. The second-order valence-electron chi connectivity index (χ2n) is 5.32. The first kappa shape index (κ1) is 14.9. The molecule has 0 amide bonds. The fourth-order valence-corrected chi connectivity index (χ4v) is 2.59. The number of rotatable bonds is 8. The third-order valence-corrected chi connectivity index (χ3v) is 4.06. The molecule has 1 heterocycles. The van der Waals surface area contributed by atoms with Crippen LogP contribution in [0.5, 0.6) is 0 Å². The molecule has 3 heteroatoms. The van der Waals surface area contributed by atoms with Gasteiger partial charge in [-0.3, -0.25) is 0 Å². The van der Waals surface area contributed by atoms with Crippen molar-refractivity contribution >= 4 is 0 Å². The molecule has 0 radical (unpaired) electrons. The first-order valence-electron chi connectivity index (χ1n) is 7.44. The molecule has 2 N–H and O–H groups in total. The van der Waals surface area contributed by atoms with Crippen LogP contribution in [0, 0.1) is 5.92 Å². The maximum Gasteiger partial charge on any atom is 0.0110 e. The Morgan fingerprint density at radius 3 is 2.06 bits per heavy atom. The number of piperazine rings is 1. The van der Waals surface area contributed by atoms with Gasteiger partial charge in [0, 0.05) is 32.7 Å². The van der Waals surface area contributed by atoms with E-state index in [2.05, 4.69) is 23.6 Å². The Kier molecular flexibility index (Phi) is 7.82. The van der Waals surface area contributed by atoms with Crippen LogP contribution in [0.1, 0.15) is 39.5 Å². The van der Waals surface area contributed by atoms with E-state index in [0.717, 1.165) is 12.5 Å². The van der Waals surface area contributed by atoms with Crippen LogP contribution in [0.4, 0.5) is 0 Å². The van der Waals surface area contributed by atoms with Crippen molar-refractivity contribution in [3.63, 3.8) is 0 Å². The normalized spacial score (nSPS) is 19.1. The maximum atomic E-state index is 5.52. The summed E-state index contributed by atoms with van der Waals surface area (Å²) in [6.45, 7) is 13.1. The van der Waals surface area contributed by atoms with Crippen LogP contribution >= 0.6 is 0 Å². The van der Waals surface area contributed by atoms with Crippen LogP contribution in [0.3, 0.4) is 0 Å². The van der Waals surface area contributed by atoms with Gasteiger partial charge in [0.1, 0.15) is 0 Å². The van der Waals surface area contributed by atoms with E-state index in [1.165, 1.54) is 65.0 Å². The zero-order valence-electron chi connectivity index (χ0n) is 11.8. The van der Waals surface area contributed by atoms with E-state index in [9.17, 15) is 0 Å². The second-order valence-corrected chi connectivity index (χ2v) is 5.32. The standard InChI is InChI=1S/C14H31N3/c1-3-14(4-2)13-17-11-9-16(10-12-17)8-6-5-7-15/h14H,3-13,15H2,1-2H3. The molecule has 1 aliphatic heterocycles. The molecule has 0 spiro atoms. The van der Waals surface area contributed by atoms with Crippen molar-refractivity contribution in [2.45, 2.75) is 39.5 Å². The van der Waals surface area contributed by atoms with Gasteiger partial charge in [0.15, 0.2) is 0 Å². The summed E-state index contributed by atoms with van der Waals surface area (Å²) in [7, 11) is 0. The molecule has 0 saturated carbocycles. The Hall–Kier alpha value is -0.120. The summed E-state index contributed by atoms with van der Waals surface area (Å²) < 4.78 is 0. The lowest BCUT2D eigenvalue weighted by Crippen LogP contribution is -2.47. The molecule has 0 atom stereocenters. The zero-order valence-corrected chi connectivity index (χ0v) is 11.8. The molecular formula is C14H31N3. The highest BCUT2D eigenvalue weighted by Gasteiger charge is 2.18. The Morgan fingerprint density at radius 1 is 0.941 bits per heavy atom. The van der Waals surface area contributed by atoms with Crippen LogP contribution in [-0.2, 0) is 0 Å². The molecule has 0 unspecified atom stereocenters. The van der Waals surface area contributed by atoms with Gasteiger partial charge in [-0.2, -0.15) is 0 Å². The van der Waals surface area contributed by atoms with Crippen LogP contribution in [0.2, 0.25) is 0 Å². The highest BCUT2D eigenvalue weighted by Crippen LogP contribution is 2.12. The fraction of sp³-hybridized carbons (Fsp3) is 1.00. The van der Waals surface area contributed by atoms with Crippen molar-refractivity contribution in [1.82, 2.24) is 9.80 Å². The molecule has 0 aromatic rings. The average Bonchev–Trinajstić information content (AvgIpc) is 2.38. The summed E-state index contributed by atoms with van der Waals surface area (Å²) in [5.41, 5.74) is 5.52. The molecule has 0 bridgehead atoms. The zero-order chi connectivity index (χ0) is 12.5. The first-order valence-corrected chi connectivity index (χ1v) is 7.44. The third-order valence-electron chi connectivity index (χ3n) is 4.06. The van der Waals surface area contributed by atoms with Crippen molar-refractivity contribution in [1.29, 1.82) is 0 Å². The maximum absolute atomic E-state index is 5.52. The lowest BCUT2D eigenvalue weighted by molar-refractivity contribution is 0.115. The average molecular weight is 241 g/mol. The number of hydrogen-bond donors (Lipinski definition) is 1. The van der Waals surface area contributed by atoms with Gasteiger partial charge in [-0.05, 0) is 31.8 Å². The minimum Gasteiger partial charge on any atom is -0.330 e. The topological polar surface area (TPSA) is 32.5 Å². The Balaban J connectivity index is 2.12. The third kappa shape index (κ3) is 5.84. The molecule has 1 saturated heterocycles. The van der Waals surface area contributed by atoms with Gasteiger partial charge < -0.3 is 15.5 Å². The molecule has 0 aromatic heterocycles. The Morgan fingerprint density at radius 2 is 1.53 bits per heavy atom. The van der Waals surface area contributed by atoms with E-state index in [1.54, 1.807) is 0 Å². The summed E-state index contributed by atoms with van der Waals surface area (Å²) >= 11 is 0. The van der Waals surface area contributed by atoms with Crippen molar-refractivity contribution in [3.05, 3.63) is 0 Å². The summed E-state index contributed by atoms with van der Waals surface area (Å²) in [4.78, 5) is 5.25. The molecule has 17 heavy (non-hydrogen) atoms. The predicted octanol–water partition coefficient (Wildman–Crippen LogP) is 1.78. The lowest BCUT2D eigenvalue weighted by atomic mass is 10.0. The highest BCUT2D eigenvalue weighted by atomic mass is 15.3. The van der Waals surface area contributed by atoms with E-state index in [4.69, 9.17) is 5.73 Å². The first-order chi connectivity index (χ1) is 8.30. The fourth-order valence-electron chi connectivity index (χ4n) is 2.59. The van der Waals surface area contributed by atoms with Crippen molar-refractivity contribution in [3.8, 4) is 0 Å². The van der Waals surface area contributed by atoms with Gasteiger partial charge in [-0.1, -0.05) is 26.7 Å². The van der Waals surface area contributed by atoms with Gasteiger partial charge in [0.05, 0.1) is 0 Å². The van der Waals surface area contributed by atoms with Gasteiger partial charge in [0.2, 0.25) is 0 Å². The van der Waals surface area contributed by atoms with Crippen molar-refractivity contribution < 1.29 is 0 Å². The molecule has 1 rings (SSSR count). The Labute approximate surface area is 107 Å². The van der Waals surface area contributed by atoms with E-state index < -0.39 is 0 Å². The number of nitrogens with two attached hydrogens (primary N) is 1. The van der Waals surface area contributed by atoms with Crippen LogP contribution in [0.15, 0.2) is 0 Å². The van der Waals surface area contributed by atoms with Crippen LogP contribution < -0.4 is 5.73 Å². The van der Waals surface area contributed by atoms with Gasteiger partial charge in [-0.15, -0.1) is 0 Å². The second kappa shape index (κ2) is 8.90. The monoisotopic (exact) mass is 241 g/mol. The molecule has 1 fully saturated rings.